The summed E-state index contributed by atoms with van der Waals surface area (Å²) in [7, 11) is -3.54. The van der Waals surface area contributed by atoms with E-state index in [0.29, 0.717) is 62.1 Å². The highest BCUT2D eigenvalue weighted by atomic mass is 32.2. The molecule has 2 fully saturated rings. The molecule has 3 aliphatic rings. The monoisotopic (exact) mass is 510 g/mol. The summed E-state index contributed by atoms with van der Waals surface area (Å²) < 4.78 is 27.6. The van der Waals surface area contributed by atoms with Gasteiger partial charge in [0.1, 0.15) is 11.3 Å². The lowest BCUT2D eigenvalue weighted by atomic mass is 9.87. The van der Waals surface area contributed by atoms with E-state index in [1.165, 1.54) is 9.87 Å². The lowest BCUT2D eigenvalue weighted by Crippen LogP contribution is -2.51. The molecule has 3 aliphatic heterocycles. The number of amides is 1. The van der Waals surface area contributed by atoms with Gasteiger partial charge in [0, 0.05) is 64.6 Å². The summed E-state index contributed by atoms with van der Waals surface area (Å²) in [6, 6.07) is 17.7. The summed E-state index contributed by atoms with van der Waals surface area (Å²) in [6.45, 7) is 7.78. The van der Waals surface area contributed by atoms with E-state index in [2.05, 4.69) is 41.2 Å². The second kappa shape index (κ2) is 9.95. The van der Waals surface area contributed by atoms with Gasteiger partial charge in [-0.2, -0.15) is 4.31 Å². The molecule has 1 amide bonds. The van der Waals surface area contributed by atoms with Crippen LogP contribution in [0, 0.1) is 6.92 Å². The first-order valence-corrected chi connectivity index (χ1v) is 14.1. The van der Waals surface area contributed by atoms with Gasteiger partial charge in [0.15, 0.2) is 0 Å². The van der Waals surface area contributed by atoms with E-state index < -0.39 is 15.6 Å². The number of nitrogens with zero attached hydrogens (tertiary/aromatic N) is 4. The molecular weight excluding hydrogens is 476 g/mol. The zero-order valence-corrected chi connectivity index (χ0v) is 21.8. The molecule has 36 heavy (non-hydrogen) atoms. The van der Waals surface area contributed by atoms with Gasteiger partial charge in [-0.15, -0.1) is 0 Å². The van der Waals surface area contributed by atoms with Crippen LogP contribution in [-0.2, 0) is 19.7 Å². The van der Waals surface area contributed by atoms with Crippen LogP contribution in [0.5, 0.6) is 0 Å². The van der Waals surface area contributed by atoms with Crippen LogP contribution in [0.3, 0.4) is 0 Å². The molecule has 1 unspecified atom stereocenters. The standard InChI is InChI=1S/C27H34N4O4S/c1-21-8-10-24(11-9-21)36(33,34)31-14-12-27(13-15-31)20-25(28-35-27)26(32)30-18-16-29(17-19-30)22(2)23-6-4-3-5-7-23/h3-11,22H,12-20H2,1-2H3. The first kappa shape index (κ1) is 24.9. The van der Waals surface area contributed by atoms with E-state index in [1.54, 1.807) is 12.1 Å². The fourth-order valence-electron chi connectivity index (χ4n) is 5.33. The second-order valence-electron chi connectivity index (χ2n) is 10.1. The molecule has 192 valence electrons. The zero-order chi connectivity index (χ0) is 25.3. The topological polar surface area (TPSA) is 82.5 Å². The maximum atomic E-state index is 13.2. The fourth-order valence-corrected chi connectivity index (χ4v) is 6.78. The van der Waals surface area contributed by atoms with Crippen molar-refractivity contribution in [1.29, 1.82) is 0 Å². The Balaban J connectivity index is 1.14. The fraction of sp³-hybridized carbons (Fsp3) is 0.481. The Morgan fingerprint density at radius 2 is 1.58 bits per heavy atom. The van der Waals surface area contributed by atoms with Crippen molar-refractivity contribution in [2.24, 2.45) is 5.16 Å². The van der Waals surface area contributed by atoms with Crippen LogP contribution < -0.4 is 0 Å². The molecule has 2 aromatic carbocycles. The summed E-state index contributed by atoms with van der Waals surface area (Å²) in [5.74, 6) is -0.0615. The molecule has 0 N–H and O–H groups in total. The van der Waals surface area contributed by atoms with Crippen LogP contribution in [0.2, 0.25) is 0 Å². The number of hydrogen-bond acceptors (Lipinski definition) is 6. The van der Waals surface area contributed by atoms with Crippen LogP contribution in [0.4, 0.5) is 0 Å². The summed E-state index contributed by atoms with van der Waals surface area (Å²) in [4.78, 5) is 23.6. The molecule has 3 heterocycles. The Morgan fingerprint density at radius 3 is 2.22 bits per heavy atom. The third-order valence-corrected chi connectivity index (χ3v) is 9.72. The number of sulfonamides is 1. The normalized spacial score (nSPS) is 21.7. The average molecular weight is 511 g/mol. The number of oxime groups is 1. The minimum Gasteiger partial charge on any atom is -0.388 e. The minimum atomic E-state index is -3.54. The quantitative estimate of drug-likeness (QED) is 0.617. The van der Waals surface area contributed by atoms with Crippen molar-refractivity contribution in [2.45, 2.75) is 49.6 Å². The highest BCUT2D eigenvalue weighted by molar-refractivity contribution is 7.89. The third-order valence-electron chi connectivity index (χ3n) is 7.81. The first-order valence-electron chi connectivity index (χ1n) is 12.7. The SMILES string of the molecule is Cc1ccc(S(=O)(=O)N2CCC3(CC2)CC(C(=O)N2CCN(C(C)c4ccccc4)CC2)=NO3)cc1. The third kappa shape index (κ3) is 4.92. The number of piperazine rings is 1. The number of carbonyl (C=O) groups is 1. The Labute approximate surface area is 213 Å². The van der Waals surface area contributed by atoms with Gasteiger partial charge in [-0.25, -0.2) is 8.42 Å². The van der Waals surface area contributed by atoms with Crippen LogP contribution in [-0.4, -0.2) is 79.0 Å². The van der Waals surface area contributed by atoms with Gasteiger partial charge in [0.2, 0.25) is 10.0 Å². The number of aryl methyl sites for hydroxylation is 1. The summed E-state index contributed by atoms with van der Waals surface area (Å²) in [5.41, 5.74) is 2.17. The van der Waals surface area contributed by atoms with Crippen LogP contribution >= 0.6 is 0 Å². The molecule has 1 spiro atoms. The number of carbonyl (C=O) groups excluding carboxylic acids is 1. The summed E-state index contributed by atoms with van der Waals surface area (Å²) >= 11 is 0. The Bertz CT molecular complexity index is 1210. The van der Waals surface area contributed by atoms with Crippen molar-refractivity contribution < 1.29 is 18.0 Å². The Kier molecular flexibility index (Phi) is 6.89. The molecule has 1 atom stereocenters. The number of piperidine rings is 1. The molecule has 0 radical (unpaired) electrons. The van der Waals surface area contributed by atoms with Crippen molar-refractivity contribution >= 4 is 21.6 Å². The zero-order valence-electron chi connectivity index (χ0n) is 21.0. The maximum Gasteiger partial charge on any atom is 0.271 e. The van der Waals surface area contributed by atoms with Gasteiger partial charge in [0.05, 0.1) is 4.90 Å². The second-order valence-corrected chi connectivity index (χ2v) is 12.1. The van der Waals surface area contributed by atoms with Crippen molar-refractivity contribution in [1.82, 2.24) is 14.1 Å². The summed E-state index contributed by atoms with van der Waals surface area (Å²) in [5, 5.41) is 4.19. The van der Waals surface area contributed by atoms with Gasteiger partial charge in [-0.1, -0.05) is 53.2 Å². The molecule has 0 saturated carbocycles. The molecule has 5 rings (SSSR count). The molecular formula is C27H34N4O4S. The van der Waals surface area contributed by atoms with E-state index in [1.807, 2.05) is 30.0 Å². The molecule has 0 bridgehead atoms. The van der Waals surface area contributed by atoms with Gasteiger partial charge >= 0.3 is 0 Å². The van der Waals surface area contributed by atoms with Crippen LogP contribution in [0.15, 0.2) is 64.6 Å². The lowest BCUT2D eigenvalue weighted by molar-refractivity contribution is -0.126. The van der Waals surface area contributed by atoms with Crippen molar-refractivity contribution in [2.75, 3.05) is 39.3 Å². The maximum absolute atomic E-state index is 13.2. The highest BCUT2D eigenvalue weighted by Gasteiger charge is 2.46. The molecule has 2 aromatic rings. The van der Waals surface area contributed by atoms with Crippen molar-refractivity contribution in [3.8, 4) is 0 Å². The smallest absolute Gasteiger partial charge is 0.271 e. The first-order chi connectivity index (χ1) is 17.3. The molecule has 2 saturated heterocycles. The predicted molar refractivity (Wildman–Crippen MR) is 138 cm³/mol. The Morgan fingerprint density at radius 1 is 0.944 bits per heavy atom. The molecule has 0 aliphatic carbocycles. The molecule has 9 heteroatoms. The molecule has 8 nitrogen and oxygen atoms in total. The number of rotatable bonds is 5. The Hall–Kier alpha value is -2.75. The number of hydrogen-bond donors (Lipinski definition) is 0. The van der Waals surface area contributed by atoms with Crippen molar-refractivity contribution in [3.05, 3.63) is 65.7 Å². The van der Waals surface area contributed by atoms with Crippen molar-refractivity contribution in [3.63, 3.8) is 0 Å². The van der Waals surface area contributed by atoms with Gasteiger partial charge in [-0.3, -0.25) is 9.69 Å². The van der Waals surface area contributed by atoms with E-state index in [9.17, 15) is 13.2 Å². The largest absolute Gasteiger partial charge is 0.388 e. The average Bonchev–Trinajstić information content (AvgIpc) is 3.32. The van der Waals surface area contributed by atoms with E-state index >= 15 is 0 Å². The van der Waals surface area contributed by atoms with E-state index in [-0.39, 0.29) is 5.91 Å². The van der Waals surface area contributed by atoms with E-state index in [0.717, 1.165) is 18.7 Å². The van der Waals surface area contributed by atoms with Gasteiger partial charge in [0.25, 0.3) is 5.91 Å². The molecule has 0 aromatic heterocycles. The highest BCUT2D eigenvalue weighted by Crippen LogP contribution is 2.36. The minimum absolute atomic E-state index is 0.0615. The van der Waals surface area contributed by atoms with E-state index in [4.69, 9.17) is 4.84 Å². The van der Waals surface area contributed by atoms with Gasteiger partial charge < -0.3 is 9.74 Å². The van der Waals surface area contributed by atoms with Gasteiger partial charge in [-0.05, 0) is 31.5 Å². The predicted octanol–water partition coefficient (Wildman–Crippen LogP) is 3.20. The summed E-state index contributed by atoms with van der Waals surface area (Å²) in [6.07, 6.45) is 1.46. The van der Waals surface area contributed by atoms with Crippen LogP contribution in [0.1, 0.15) is 43.4 Å². The van der Waals surface area contributed by atoms with Crippen LogP contribution in [0.25, 0.3) is 0 Å². The lowest BCUT2D eigenvalue weighted by Gasteiger charge is -2.38. The number of benzene rings is 2.